The number of carbonyl (C=O) groups is 1. The summed E-state index contributed by atoms with van der Waals surface area (Å²) in [5.41, 5.74) is 1.12. The third-order valence-electron chi connectivity index (χ3n) is 5.34. The molecule has 1 aliphatic rings. The Labute approximate surface area is 173 Å². The Morgan fingerprint density at radius 2 is 2.00 bits per heavy atom. The number of aromatic nitrogens is 5. The van der Waals surface area contributed by atoms with Crippen molar-refractivity contribution in [2.45, 2.75) is 57.7 Å². The molecule has 0 radical (unpaired) electrons. The molecule has 3 aromatic rings. The zero-order valence-electron chi connectivity index (χ0n) is 16.6. The molecule has 0 aromatic carbocycles. The highest BCUT2D eigenvalue weighted by atomic mass is 35.5. The van der Waals surface area contributed by atoms with Crippen LogP contribution >= 0.6 is 11.6 Å². The molecule has 8 nitrogen and oxygen atoms in total. The van der Waals surface area contributed by atoms with Crippen molar-refractivity contribution in [3.8, 4) is 0 Å². The second kappa shape index (κ2) is 7.35. The molecule has 0 saturated heterocycles. The number of nitrogens with zero attached hydrogens (tertiary/aromatic N) is 5. The molecule has 3 aromatic heterocycles. The first-order valence-electron chi connectivity index (χ1n) is 9.64. The van der Waals surface area contributed by atoms with Gasteiger partial charge in [0.25, 0.3) is 5.91 Å². The van der Waals surface area contributed by atoms with Gasteiger partial charge in [0, 0.05) is 18.4 Å². The first-order valence-corrected chi connectivity index (χ1v) is 10.0. The van der Waals surface area contributed by atoms with E-state index in [0.29, 0.717) is 34.9 Å². The molecule has 1 aliphatic carbocycles. The maximum absolute atomic E-state index is 12.9. The molecule has 0 bridgehead atoms. The van der Waals surface area contributed by atoms with Crippen molar-refractivity contribution in [2.24, 2.45) is 0 Å². The van der Waals surface area contributed by atoms with E-state index in [1.807, 2.05) is 18.4 Å². The van der Waals surface area contributed by atoms with Crippen molar-refractivity contribution in [3.05, 3.63) is 46.9 Å². The average molecular weight is 415 g/mol. The van der Waals surface area contributed by atoms with E-state index in [-0.39, 0.29) is 11.7 Å². The number of fused-ring (bicyclic) bond motifs is 1. The number of aliphatic hydroxyl groups is 1. The lowest BCUT2D eigenvalue weighted by atomic mass is 9.74. The monoisotopic (exact) mass is 414 g/mol. The zero-order valence-corrected chi connectivity index (χ0v) is 17.3. The maximum Gasteiger partial charge on any atom is 0.272 e. The van der Waals surface area contributed by atoms with E-state index in [0.717, 1.165) is 12.1 Å². The van der Waals surface area contributed by atoms with Crippen LogP contribution in [0.15, 0.2) is 24.7 Å². The molecule has 3 heterocycles. The molecule has 1 saturated carbocycles. The molecule has 1 atom stereocenters. The number of imidazole rings is 1. The summed E-state index contributed by atoms with van der Waals surface area (Å²) in [6, 6.07) is 1.05. The smallest absolute Gasteiger partial charge is 0.272 e. The van der Waals surface area contributed by atoms with Crippen molar-refractivity contribution >= 4 is 28.7 Å². The second-order valence-corrected chi connectivity index (χ2v) is 8.27. The van der Waals surface area contributed by atoms with Gasteiger partial charge in [-0.1, -0.05) is 11.6 Å². The minimum atomic E-state index is -1.08. The highest BCUT2D eigenvalue weighted by Crippen LogP contribution is 2.43. The predicted octanol–water partition coefficient (Wildman–Crippen LogP) is 3.15. The summed E-state index contributed by atoms with van der Waals surface area (Å²) in [7, 11) is 0. The van der Waals surface area contributed by atoms with Gasteiger partial charge < -0.3 is 15.0 Å². The van der Waals surface area contributed by atoms with Crippen LogP contribution in [-0.2, 0) is 0 Å². The Hall–Kier alpha value is -2.58. The lowest BCUT2D eigenvalue weighted by Gasteiger charge is -2.43. The summed E-state index contributed by atoms with van der Waals surface area (Å²) in [6.07, 6.45) is 6.58. The van der Waals surface area contributed by atoms with Gasteiger partial charge in [0.15, 0.2) is 5.65 Å². The topological polar surface area (TPSA) is 106 Å². The molecule has 2 N–H and O–H groups in total. The minimum absolute atomic E-state index is 0.0194. The van der Waals surface area contributed by atoms with Crippen LogP contribution in [0.5, 0.6) is 0 Å². The molecule has 1 amide bonds. The fourth-order valence-electron chi connectivity index (χ4n) is 3.67. The minimum Gasteiger partial charge on any atom is -0.387 e. The quantitative estimate of drug-likeness (QED) is 0.664. The fourth-order valence-corrected chi connectivity index (χ4v) is 3.82. The van der Waals surface area contributed by atoms with E-state index in [1.54, 1.807) is 19.2 Å². The predicted molar refractivity (Wildman–Crippen MR) is 109 cm³/mol. The highest BCUT2D eigenvalue weighted by Gasteiger charge is 2.46. The van der Waals surface area contributed by atoms with Crippen molar-refractivity contribution in [1.82, 2.24) is 29.8 Å². The van der Waals surface area contributed by atoms with Crippen LogP contribution in [0.4, 0.5) is 0 Å². The number of halogens is 1. The van der Waals surface area contributed by atoms with Crippen LogP contribution < -0.4 is 5.32 Å². The lowest BCUT2D eigenvalue weighted by Crippen LogP contribution is -2.51. The summed E-state index contributed by atoms with van der Waals surface area (Å²) >= 11 is 6.10. The molecule has 152 valence electrons. The first-order chi connectivity index (χ1) is 13.8. The first kappa shape index (κ1) is 19.7. The van der Waals surface area contributed by atoms with E-state index in [4.69, 9.17) is 16.6 Å². The van der Waals surface area contributed by atoms with Gasteiger partial charge in [-0.3, -0.25) is 9.78 Å². The Bertz CT molecular complexity index is 1060. The second-order valence-electron chi connectivity index (χ2n) is 7.84. The third kappa shape index (κ3) is 3.58. The maximum atomic E-state index is 12.9. The van der Waals surface area contributed by atoms with E-state index in [2.05, 4.69) is 20.3 Å². The van der Waals surface area contributed by atoms with Crippen LogP contribution in [0.2, 0.25) is 5.02 Å². The Balaban J connectivity index is 1.79. The van der Waals surface area contributed by atoms with Gasteiger partial charge >= 0.3 is 0 Å². The van der Waals surface area contributed by atoms with E-state index in [1.165, 1.54) is 12.4 Å². The van der Waals surface area contributed by atoms with Crippen molar-refractivity contribution < 1.29 is 9.90 Å². The van der Waals surface area contributed by atoms with Crippen LogP contribution in [0, 0.1) is 6.92 Å². The summed E-state index contributed by atoms with van der Waals surface area (Å²) in [6.45, 7) is 5.82. The van der Waals surface area contributed by atoms with Gasteiger partial charge in [0.2, 0.25) is 0 Å². The number of hydrogen-bond acceptors (Lipinski definition) is 6. The summed E-state index contributed by atoms with van der Waals surface area (Å²) in [4.78, 5) is 30.3. The van der Waals surface area contributed by atoms with Crippen molar-refractivity contribution in [3.63, 3.8) is 0 Å². The normalized spacial score (nSPS) is 16.6. The van der Waals surface area contributed by atoms with Crippen LogP contribution in [0.1, 0.15) is 67.2 Å². The zero-order chi connectivity index (χ0) is 20.8. The summed E-state index contributed by atoms with van der Waals surface area (Å²) in [5.74, 6) is 0.150. The number of aryl methyl sites for hydroxylation is 1. The number of carbonyl (C=O) groups excluding carboxylic acids is 1. The molecule has 0 unspecified atom stereocenters. The number of hydrogen-bond donors (Lipinski definition) is 2. The van der Waals surface area contributed by atoms with Gasteiger partial charge in [0.05, 0.1) is 22.5 Å². The highest BCUT2D eigenvalue weighted by molar-refractivity contribution is 6.31. The van der Waals surface area contributed by atoms with E-state index < -0.39 is 17.6 Å². The Kier molecular flexibility index (Phi) is 5.00. The average Bonchev–Trinajstić information content (AvgIpc) is 3.02. The Morgan fingerprint density at radius 1 is 1.24 bits per heavy atom. The molecule has 1 fully saturated rings. The Morgan fingerprint density at radius 3 is 2.59 bits per heavy atom. The van der Waals surface area contributed by atoms with Crippen LogP contribution in [-0.4, -0.2) is 41.1 Å². The van der Waals surface area contributed by atoms with Crippen molar-refractivity contribution in [1.29, 1.82) is 0 Å². The van der Waals surface area contributed by atoms with Crippen molar-refractivity contribution in [2.75, 3.05) is 0 Å². The van der Waals surface area contributed by atoms with Crippen LogP contribution in [0.25, 0.3) is 11.2 Å². The molecule has 0 aliphatic heterocycles. The summed E-state index contributed by atoms with van der Waals surface area (Å²) < 4.78 is 1.94. The van der Waals surface area contributed by atoms with E-state index in [9.17, 15) is 9.90 Å². The SMILES string of the molecule is Cc1cnc(C(=O)N[C@H](c2nc3cc(Cl)cnc3n2C(C)C)C2(O)CCC2)cn1. The summed E-state index contributed by atoms with van der Waals surface area (Å²) in [5, 5.41) is 14.6. The number of amides is 1. The molecular weight excluding hydrogens is 392 g/mol. The number of pyridine rings is 1. The van der Waals surface area contributed by atoms with Gasteiger partial charge in [-0.25, -0.2) is 15.0 Å². The molecule has 29 heavy (non-hydrogen) atoms. The standard InChI is InChI=1S/C20H23ClN6O2/c1-11(2)27-17-14(7-13(21)9-24-17)25-18(27)16(20(29)5-4-6-20)26-19(28)15-10-22-12(3)8-23-15/h7-11,16,29H,4-6H2,1-3H3,(H,26,28)/t16-/m1/s1. The van der Waals surface area contributed by atoms with Gasteiger partial charge in [-0.15, -0.1) is 0 Å². The van der Waals surface area contributed by atoms with E-state index >= 15 is 0 Å². The van der Waals surface area contributed by atoms with Gasteiger partial charge in [0.1, 0.15) is 23.1 Å². The number of rotatable bonds is 5. The molecular formula is C20H23ClN6O2. The molecule has 9 heteroatoms. The number of nitrogens with one attached hydrogen (secondary N) is 1. The van der Waals surface area contributed by atoms with Gasteiger partial charge in [-0.05, 0) is 46.1 Å². The largest absolute Gasteiger partial charge is 0.387 e. The third-order valence-corrected chi connectivity index (χ3v) is 5.55. The lowest BCUT2D eigenvalue weighted by molar-refractivity contribution is -0.0671. The molecule has 0 spiro atoms. The van der Waals surface area contributed by atoms with Gasteiger partial charge in [-0.2, -0.15) is 0 Å². The molecule has 4 rings (SSSR count). The van der Waals surface area contributed by atoms with Crippen LogP contribution in [0.3, 0.4) is 0 Å². The fraction of sp³-hybridized carbons (Fsp3) is 0.450.